The molecule has 0 spiro atoms. The first-order valence-electron chi connectivity index (χ1n) is 10.9. The van der Waals surface area contributed by atoms with E-state index >= 15 is 0 Å². The highest BCUT2D eigenvalue weighted by Gasteiger charge is 2.23. The van der Waals surface area contributed by atoms with Gasteiger partial charge in [0.1, 0.15) is 11.3 Å². The highest BCUT2D eigenvalue weighted by molar-refractivity contribution is 6.05. The fourth-order valence-corrected chi connectivity index (χ4v) is 3.88. The number of fused-ring (bicyclic) bond motifs is 1. The number of amides is 2. The third kappa shape index (κ3) is 4.44. The van der Waals surface area contributed by atoms with E-state index in [1.807, 2.05) is 27.1 Å². The number of methoxy groups -OCH3 is 1. The van der Waals surface area contributed by atoms with Crippen molar-refractivity contribution in [1.82, 2.24) is 14.5 Å². The van der Waals surface area contributed by atoms with Gasteiger partial charge in [-0.15, -0.1) is 0 Å². The van der Waals surface area contributed by atoms with Gasteiger partial charge in [-0.05, 0) is 31.0 Å². The summed E-state index contributed by atoms with van der Waals surface area (Å²) >= 11 is 0. The van der Waals surface area contributed by atoms with Crippen LogP contribution in [0.3, 0.4) is 0 Å². The minimum Gasteiger partial charge on any atom is -0.494 e. The molecule has 1 aromatic carbocycles. The number of hydrogen-bond donors (Lipinski definition) is 2. The van der Waals surface area contributed by atoms with Gasteiger partial charge >= 0.3 is 0 Å². The van der Waals surface area contributed by atoms with Gasteiger partial charge in [-0.2, -0.15) is 0 Å². The number of nitrogens with one attached hydrogen (secondary N) is 2. The molecular weight excluding hydrogens is 406 g/mol. The van der Waals surface area contributed by atoms with E-state index in [0.29, 0.717) is 34.2 Å². The van der Waals surface area contributed by atoms with Crippen molar-refractivity contribution in [3.8, 4) is 5.75 Å². The van der Waals surface area contributed by atoms with Gasteiger partial charge in [0.05, 0.1) is 24.7 Å². The minimum absolute atomic E-state index is 0.121. The third-order valence-corrected chi connectivity index (χ3v) is 5.78. The molecule has 4 rings (SSSR count). The lowest BCUT2D eigenvalue weighted by Gasteiger charge is -2.19. The van der Waals surface area contributed by atoms with Gasteiger partial charge < -0.3 is 19.9 Å². The van der Waals surface area contributed by atoms with Crippen molar-refractivity contribution in [3.63, 3.8) is 0 Å². The Balaban J connectivity index is 1.50. The Bertz CT molecular complexity index is 1160. The number of carbonyl (C=O) groups excluding carboxylic acids is 2. The van der Waals surface area contributed by atoms with E-state index in [9.17, 15) is 9.59 Å². The summed E-state index contributed by atoms with van der Waals surface area (Å²) in [6, 6.07) is 7.31. The number of nitrogens with zero attached hydrogens (tertiary/aromatic N) is 3. The molecule has 168 valence electrons. The Morgan fingerprint density at radius 2 is 1.84 bits per heavy atom. The Labute approximate surface area is 187 Å². The molecule has 1 aliphatic carbocycles. The molecule has 0 atom stereocenters. The van der Waals surface area contributed by atoms with Crippen molar-refractivity contribution in [2.45, 2.75) is 52.5 Å². The monoisotopic (exact) mass is 435 g/mol. The summed E-state index contributed by atoms with van der Waals surface area (Å²) in [5.74, 6) is 0.0524. The van der Waals surface area contributed by atoms with Crippen LogP contribution in [0.15, 0.2) is 36.8 Å². The molecule has 8 nitrogen and oxygen atoms in total. The molecule has 8 heteroatoms. The Hall–Kier alpha value is -3.42. The lowest BCUT2D eigenvalue weighted by molar-refractivity contribution is -0.123. The van der Waals surface area contributed by atoms with Crippen LogP contribution >= 0.6 is 0 Å². The SMILES string of the molecule is COc1cc(NC(=O)c2cnc3c(c2)ncn3C2CCCC2)ccc1NC(=O)C(C)(C)C. The van der Waals surface area contributed by atoms with Crippen molar-refractivity contribution in [1.29, 1.82) is 0 Å². The maximum atomic E-state index is 12.8. The summed E-state index contributed by atoms with van der Waals surface area (Å²) in [7, 11) is 1.52. The van der Waals surface area contributed by atoms with Crippen molar-refractivity contribution < 1.29 is 14.3 Å². The second-order valence-corrected chi connectivity index (χ2v) is 9.23. The number of ether oxygens (including phenoxy) is 1. The smallest absolute Gasteiger partial charge is 0.257 e. The number of benzene rings is 1. The zero-order valence-electron chi connectivity index (χ0n) is 18.9. The molecule has 2 aromatic heterocycles. The summed E-state index contributed by atoms with van der Waals surface area (Å²) in [5.41, 5.74) is 2.52. The van der Waals surface area contributed by atoms with E-state index in [2.05, 4.69) is 25.2 Å². The number of hydrogen-bond acceptors (Lipinski definition) is 5. The van der Waals surface area contributed by atoms with Gasteiger partial charge in [0, 0.05) is 29.4 Å². The van der Waals surface area contributed by atoms with Crippen molar-refractivity contribution >= 4 is 34.4 Å². The number of anilines is 2. The summed E-state index contributed by atoms with van der Waals surface area (Å²) in [6.07, 6.45) is 8.15. The Morgan fingerprint density at radius 3 is 2.53 bits per heavy atom. The van der Waals surface area contributed by atoms with E-state index in [1.54, 1.807) is 30.5 Å². The molecule has 3 aromatic rings. The molecule has 2 N–H and O–H groups in total. The predicted molar refractivity (Wildman–Crippen MR) is 124 cm³/mol. The summed E-state index contributed by atoms with van der Waals surface area (Å²) in [5, 5.41) is 5.73. The number of aromatic nitrogens is 3. The molecule has 0 saturated heterocycles. The number of pyridine rings is 1. The molecule has 2 amide bonds. The molecule has 0 unspecified atom stereocenters. The molecule has 1 fully saturated rings. The first kappa shape index (κ1) is 21.8. The standard InChI is InChI=1S/C24H29N5O3/c1-24(2,3)23(31)28-18-10-9-16(12-20(18)32-4)27-22(30)15-11-19-21(25-13-15)29(14-26-19)17-7-5-6-8-17/h9-14,17H,5-8H2,1-4H3,(H,27,30)(H,28,31). The maximum Gasteiger partial charge on any atom is 0.257 e. The van der Waals surface area contributed by atoms with Crippen LogP contribution in [0.2, 0.25) is 0 Å². The number of imidazole rings is 1. The van der Waals surface area contributed by atoms with Crippen LogP contribution in [0.25, 0.3) is 11.2 Å². The number of carbonyl (C=O) groups is 2. The quantitative estimate of drug-likeness (QED) is 0.600. The fourth-order valence-electron chi connectivity index (χ4n) is 3.88. The molecule has 2 heterocycles. The first-order valence-corrected chi connectivity index (χ1v) is 10.9. The predicted octanol–water partition coefficient (Wildman–Crippen LogP) is 4.79. The minimum atomic E-state index is -0.533. The summed E-state index contributed by atoms with van der Waals surface area (Å²) in [4.78, 5) is 34.1. The van der Waals surface area contributed by atoms with E-state index < -0.39 is 5.41 Å². The van der Waals surface area contributed by atoms with Crippen LogP contribution in [0.1, 0.15) is 62.9 Å². The van der Waals surface area contributed by atoms with Crippen LogP contribution in [0.5, 0.6) is 5.75 Å². The second-order valence-electron chi connectivity index (χ2n) is 9.23. The van der Waals surface area contributed by atoms with Gasteiger partial charge in [0.25, 0.3) is 5.91 Å². The van der Waals surface area contributed by atoms with Gasteiger partial charge in [0.15, 0.2) is 5.65 Å². The van der Waals surface area contributed by atoms with Crippen LogP contribution in [0.4, 0.5) is 11.4 Å². The van der Waals surface area contributed by atoms with Crippen molar-refractivity contribution in [2.24, 2.45) is 5.41 Å². The Kier molecular flexibility index (Phi) is 5.86. The van der Waals surface area contributed by atoms with E-state index in [1.165, 1.54) is 20.0 Å². The molecule has 0 aliphatic heterocycles. The van der Waals surface area contributed by atoms with Crippen LogP contribution < -0.4 is 15.4 Å². The molecule has 0 radical (unpaired) electrons. The largest absolute Gasteiger partial charge is 0.494 e. The number of rotatable bonds is 5. The van der Waals surface area contributed by atoms with E-state index in [-0.39, 0.29) is 11.8 Å². The van der Waals surface area contributed by atoms with Gasteiger partial charge in [0.2, 0.25) is 5.91 Å². The van der Waals surface area contributed by atoms with Gasteiger partial charge in [-0.3, -0.25) is 9.59 Å². The molecule has 0 bridgehead atoms. The summed E-state index contributed by atoms with van der Waals surface area (Å²) < 4.78 is 7.53. The highest BCUT2D eigenvalue weighted by Crippen LogP contribution is 2.32. The van der Waals surface area contributed by atoms with Crippen molar-refractivity contribution in [2.75, 3.05) is 17.7 Å². The average Bonchev–Trinajstić information content (AvgIpc) is 3.43. The van der Waals surface area contributed by atoms with Crippen molar-refractivity contribution in [3.05, 3.63) is 42.4 Å². The van der Waals surface area contributed by atoms with E-state index in [0.717, 1.165) is 18.5 Å². The fraction of sp³-hybridized carbons (Fsp3) is 0.417. The van der Waals surface area contributed by atoms with Crippen LogP contribution in [-0.4, -0.2) is 33.5 Å². The molecular formula is C24H29N5O3. The molecule has 1 saturated carbocycles. The third-order valence-electron chi connectivity index (χ3n) is 5.78. The zero-order valence-corrected chi connectivity index (χ0v) is 18.9. The van der Waals surface area contributed by atoms with Gasteiger partial charge in [-0.25, -0.2) is 9.97 Å². The normalized spacial score (nSPS) is 14.5. The molecule has 1 aliphatic rings. The lowest BCUT2D eigenvalue weighted by atomic mass is 9.95. The summed E-state index contributed by atoms with van der Waals surface area (Å²) in [6.45, 7) is 5.52. The average molecular weight is 436 g/mol. The van der Waals surface area contributed by atoms with E-state index in [4.69, 9.17) is 4.74 Å². The molecule has 32 heavy (non-hydrogen) atoms. The zero-order chi connectivity index (χ0) is 22.9. The maximum absolute atomic E-state index is 12.8. The highest BCUT2D eigenvalue weighted by atomic mass is 16.5. The van der Waals surface area contributed by atoms with Gasteiger partial charge in [-0.1, -0.05) is 33.6 Å². The topological polar surface area (TPSA) is 98.1 Å². The Morgan fingerprint density at radius 1 is 1.09 bits per heavy atom. The second kappa shape index (κ2) is 8.61. The first-order chi connectivity index (χ1) is 15.3. The van der Waals surface area contributed by atoms with Crippen LogP contribution in [-0.2, 0) is 4.79 Å². The van der Waals surface area contributed by atoms with Crippen LogP contribution in [0, 0.1) is 5.41 Å². The lowest BCUT2D eigenvalue weighted by Crippen LogP contribution is -2.27.